The quantitative estimate of drug-likeness (QED) is 0.758. The molecule has 2 aromatic carbocycles. The first-order valence-electron chi connectivity index (χ1n) is 7.66. The summed E-state index contributed by atoms with van der Waals surface area (Å²) >= 11 is 6.09. The van der Waals surface area contributed by atoms with Gasteiger partial charge < -0.3 is 10.1 Å². The number of aryl methyl sites for hydroxylation is 1. The van der Waals surface area contributed by atoms with Crippen LogP contribution in [-0.4, -0.2) is 28.0 Å². The van der Waals surface area contributed by atoms with Gasteiger partial charge in [-0.2, -0.15) is 0 Å². The molecule has 128 valence electrons. The molecule has 0 saturated heterocycles. The first kappa shape index (κ1) is 17.1. The highest BCUT2D eigenvalue weighted by molar-refractivity contribution is 6.33. The van der Waals surface area contributed by atoms with Crippen LogP contribution in [0.15, 0.2) is 48.5 Å². The van der Waals surface area contributed by atoms with Crippen LogP contribution in [0.3, 0.4) is 0 Å². The van der Waals surface area contributed by atoms with Crippen molar-refractivity contribution in [2.75, 3.05) is 12.4 Å². The van der Waals surface area contributed by atoms with Gasteiger partial charge >= 0.3 is 0 Å². The van der Waals surface area contributed by atoms with Crippen molar-refractivity contribution in [2.45, 2.75) is 13.5 Å². The van der Waals surface area contributed by atoms with Crippen LogP contribution in [0.1, 0.15) is 21.7 Å². The molecular formula is C18H17ClN4O2. The van der Waals surface area contributed by atoms with E-state index in [1.165, 1.54) is 0 Å². The van der Waals surface area contributed by atoms with Crippen molar-refractivity contribution in [1.82, 2.24) is 15.0 Å². The molecule has 0 fully saturated rings. The molecule has 1 amide bonds. The summed E-state index contributed by atoms with van der Waals surface area (Å²) in [5.41, 5.74) is 3.22. The Morgan fingerprint density at radius 2 is 1.92 bits per heavy atom. The zero-order valence-corrected chi connectivity index (χ0v) is 14.6. The van der Waals surface area contributed by atoms with Gasteiger partial charge in [0.05, 0.1) is 23.0 Å². The lowest BCUT2D eigenvalue weighted by Crippen LogP contribution is -2.16. The van der Waals surface area contributed by atoms with Crippen LogP contribution in [0.4, 0.5) is 5.69 Å². The van der Waals surface area contributed by atoms with Gasteiger partial charge in [0.15, 0.2) is 5.69 Å². The minimum atomic E-state index is -0.390. The van der Waals surface area contributed by atoms with Crippen LogP contribution in [0.5, 0.6) is 0 Å². The normalized spacial score (nSPS) is 10.7. The number of amides is 1. The number of ether oxygens (including phenoxy) is 1. The molecule has 0 bridgehead atoms. The number of aromatic nitrogens is 3. The number of para-hydroxylation sites is 1. The van der Waals surface area contributed by atoms with Crippen LogP contribution >= 0.6 is 11.6 Å². The molecule has 0 radical (unpaired) electrons. The van der Waals surface area contributed by atoms with Crippen LogP contribution in [-0.2, 0) is 11.3 Å². The average molecular weight is 357 g/mol. The largest absolute Gasteiger partial charge is 0.378 e. The molecule has 1 N–H and O–H groups in total. The zero-order chi connectivity index (χ0) is 17.8. The van der Waals surface area contributed by atoms with Crippen LogP contribution in [0, 0.1) is 6.92 Å². The molecule has 0 saturated carbocycles. The Morgan fingerprint density at radius 1 is 1.20 bits per heavy atom. The second-order valence-electron chi connectivity index (χ2n) is 5.50. The maximum Gasteiger partial charge on any atom is 0.278 e. The Hall–Kier alpha value is -2.70. The molecule has 0 unspecified atom stereocenters. The molecule has 3 aromatic rings. The number of halogens is 1. The molecule has 0 aliphatic rings. The number of hydrogen-bond acceptors (Lipinski definition) is 4. The van der Waals surface area contributed by atoms with Gasteiger partial charge in [-0.25, -0.2) is 4.68 Å². The fourth-order valence-corrected chi connectivity index (χ4v) is 2.56. The average Bonchev–Trinajstić information content (AvgIpc) is 3.02. The number of benzene rings is 2. The minimum absolute atomic E-state index is 0.197. The molecule has 6 nitrogen and oxygen atoms in total. The van der Waals surface area contributed by atoms with Crippen molar-refractivity contribution in [3.63, 3.8) is 0 Å². The molecule has 0 atom stereocenters. The Kier molecular flexibility index (Phi) is 5.11. The lowest BCUT2D eigenvalue weighted by atomic mass is 10.2. The van der Waals surface area contributed by atoms with E-state index in [0.29, 0.717) is 16.4 Å². The van der Waals surface area contributed by atoms with E-state index >= 15 is 0 Å². The van der Waals surface area contributed by atoms with Gasteiger partial charge in [-0.05, 0) is 31.2 Å². The number of carbonyl (C=O) groups excluding carboxylic acids is 1. The number of carbonyl (C=O) groups is 1. The highest BCUT2D eigenvalue weighted by Gasteiger charge is 2.21. The SMILES string of the molecule is COCc1c(C(=O)Nc2ccccc2Cl)nnn1-c1ccc(C)cc1. The standard InChI is InChI=1S/C18H17ClN4O2/c1-12-7-9-13(10-8-12)23-16(11-25-2)17(21-22-23)18(24)20-15-6-4-3-5-14(15)19/h3-10H,11H2,1-2H3,(H,20,24). The van der Waals surface area contributed by atoms with E-state index in [9.17, 15) is 4.79 Å². The maximum atomic E-state index is 12.6. The number of anilines is 1. The van der Waals surface area contributed by atoms with Gasteiger partial charge in [0.1, 0.15) is 5.69 Å². The van der Waals surface area contributed by atoms with Crippen molar-refractivity contribution in [1.29, 1.82) is 0 Å². The first-order valence-corrected chi connectivity index (χ1v) is 8.04. The third-order valence-electron chi connectivity index (χ3n) is 3.66. The molecule has 0 aliphatic heterocycles. The molecule has 0 aliphatic carbocycles. The van der Waals surface area contributed by atoms with Crippen molar-refractivity contribution in [3.05, 3.63) is 70.5 Å². The topological polar surface area (TPSA) is 69.0 Å². The van der Waals surface area contributed by atoms with E-state index in [2.05, 4.69) is 15.6 Å². The van der Waals surface area contributed by atoms with E-state index in [-0.39, 0.29) is 12.3 Å². The summed E-state index contributed by atoms with van der Waals surface area (Å²) in [4.78, 5) is 12.6. The third kappa shape index (κ3) is 3.70. The summed E-state index contributed by atoms with van der Waals surface area (Å²) in [5, 5.41) is 11.4. The molecule has 1 heterocycles. The highest BCUT2D eigenvalue weighted by atomic mass is 35.5. The Balaban J connectivity index is 1.95. The Labute approximate surface area is 150 Å². The summed E-state index contributed by atoms with van der Waals surface area (Å²) in [6.07, 6.45) is 0. The fraction of sp³-hybridized carbons (Fsp3) is 0.167. The monoisotopic (exact) mass is 356 g/mol. The summed E-state index contributed by atoms with van der Waals surface area (Å²) in [6.45, 7) is 2.20. The van der Waals surface area contributed by atoms with Gasteiger partial charge in [0, 0.05) is 7.11 Å². The minimum Gasteiger partial charge on any atom is -0.378 e. The Morgan fingerprint density at radius 3 is 2.60 bits per heavy atom. The van der Waals surface area contributed by atoms with E-state index in [1.807, 2.05) is 31.2 Å². The summed E-state index contributed by atoms with van der Waals surface area (Å²) in [6, 6.07) is 14.8. The predicted octanol–water partition coefficient (Wildman–Crippen LogP) is 3.63. The zero-order valence-electron chi connectivity index (χ0n) is 13.9. The third-order valence-corrected chi connectivity index (χ3v) is 3.99. The maximum absolute atomic E-state index is 12.6. The van der Waals surface area contributed by atoms with Gasteiger partial charge in [-0.15, -0.1) is 5.10 Å². The highest BCUT2D eigenvalue weighted by Crippen LogP contribution is 2.22. The van der Waals surface area contributed by atoms with Gasteiger partial charge in [0.25, 0.3) is 5.91 Å². The lowest BCUT2D eigenvalue weighted by Gasteiger charge is -2.09. The summed E-state index contributed by atoms with van der Waals surface area (Å²) < 4.78 is 6.83. The van der Waals surface area contributed by atoms with Gasteiger partial charge in [0.2, 0.25) is 0 Å². The second-order valence-corrected chi connectivity index (χ2v) is 5.91. The molecule has 7 heteroatoms. The van der Waals surface area contributed by atoms with E-state index in [4.69, 9.17) is 16.3 Å². The first-order chi connectivity index (χ1) is 12.1. The van der Waals surface area contributed by atoms with Gasteiger partial charge in [-0.1, -0.05) is 46.6 Å². The van der Waals surface area contributed by atoms with Crippen molar-refractivity contribution in [2.24, 2.45) is 0 Å². The fourth-order valence-electron chi connectivity index (χ4n) is 2.38. The van der Waals surface area contributed by atoms with E-state index in [0.717, 1.165) is 11.3 Å². The molecule has 25 heavy (non-hydrogen) atoms. The van der Waals surface area contributed by atoms with Crippen LogP contribution in [0.25, 0.3) is 5.69 Å². The van der Waals surface area contributed by atoms with E-state index in [1.54, 1.807) is 36.1 Å². The van der Waals surface area contributed by atoms with Crippen LogP contribution < -0.4 is 5.32 Å². The van der Waals surface area contributed by atoms with Gasteiger partial charge in [-0.3, -0.25) is 4.79 Å². The molecule has 3 rings (SSSR count). The molecule has 0 spiro atoms. The smallest absolute Gasteiger partial charge is 0.278 e. The number of rotatable bonds is 5. The number of nitrogens with one attached hydrogen (secondary N) is 1. The molecular weight excluding hydrogens is 340 g/mol. The molecule has 1 aromatic heterocycles. The van der Waals surface area contributed by atoms with E-state index < -0.39 is 5.91 Å². The number of hydrogen-bond donors (Lipinski definition) is 1. The summed E-state index contributed by atoms with van der Waals surface area (Å²) in [7, 11) is 1.56. The summed E-state index contributed by atoms with van der Waals surface area (Å²) in [5.74, 6) is -0.390. The van der Waals surface area contributed by atoms with Crippen molar-refractivity contribution < 1.29 is 9.53 Å². The predicted molar refractivity (Wildman–Crippen MR) is 96.2 cm³/mol. The van der Waals surface area contributed by atoms with Crippen molar-refractivity contribution >= 4 is 23.2 Å². The lowest BCUT2D eigenvalue weighted by molar-refractivity contribution is 0.101. The number of methoxy groups -OCH3 is 1. The van der Waals surface area contributed by atoms with Crippen LogP contribution in [0.2, 0.25) is 5.02 Å². The number of nitrogens with zero attached hydrogens (tertiary/aromatic N) is 3. The second kappa shape index (κ2) is 7.46. The van der Waals surface area contributed by atoms with Crippen molar-refractivity contribution in [3.8, 4) is 5.69 Å². The Bertz CT molecular complexity index is 890.